The van der Waals surface area contributed by atoms with Crippen LogP contribution in [0.5, 0.6) is 5.75 Å². The predicted octanol–water partition coefficient (Wildman–Crippen LogP) is 2.27. The van der Waals surface area contributed by atoms with Gasteiger partial charge in [-0.15, -0.1) is 0 Å². The quantitative estimate of drug-likeness (QED) is 0.579. The monoisotopic (exact) mass is 395 g/mol. The first kappa shape index (κ1) is 19.7. The van der Waals surface area contributed by atoms with Gasteiger partial charge in [-0.2, -0.15) is 5.10 Å². The van der Waals surface area contributed by atoms with Crippen molar-refractivity contribution in [1.82, 2.24) is 5.43 Å². The van der Waals surface area contributed by atoms with Crippen LogP contribution in [-0.2, 0) is 14.8 Å². The van der Waals surface area contributed by atoms with E-state index in [2.05, 4.69) is 10.5 Å². The number of benzene rings is 2. The molecule has 2 aromatic carbocycles. The molecular weight excluding hydrogens is 378 g/mol. The largest absolute Gasteiger partial charge is 0.507 e. The number of nitrogens with zero attached hydrogens (tertiary/aromatic N) is 2. The maximum Gasteiger partial charge on any atom is 0.260 e. The zero-order valence-corrected chi connectivity index (χ0v) is 15.8. The van der Waals surface area contributed by atoms with Gasteiger partial charge in [0.15, 0.2) is 0 Å². The SMILES string of the molecule is Cc1ccc(N(CC(=O)N/N=C\c2ccccc2O)S(C)(=O)=O)cc1Cl. The van der Waals surface area contributed by atoms with Crippen LogP contribution in [0, 0.1) is 6.92 Å². The van der Waals surface area contributed by atoms with E-state index in [9.17, 15) is 18.3 Å². The molecule has 1 amide bonds. The fraction of sp³-hybridized carbons (Fsp3) is 0.176. The maximum atomic E-state index is 12.1. The van der Waals surface area contributed by atoms with Crippen molar-refractivity contribution in [2.24, 2.45) is 5.10 Å². The Balaban J connectivity index is 2.12. The molecular formula is C17H18ClN3O4S. The summed E-state index contributed by atoms with van der Waals surface area (Å²) in [5.74, 6) is -0.628. The standard InChI is InChI=1S/C17H18ClN3O4S/c1-12-7-8-14(9-15(12)18)21(26(2,24)25)11-17(23)20-19-10-13-5-3-4-6-16(13)22/h3-10,22H,11H2,1-2H3,(H,20,23)/b19-10-. The van der Waals surface area contributed by atoms with Gasteiger partial charge in [0.1, 0.15) is 12.3 Å². The molecule has 0 fully saturated rings. The molecule has 7 nitrogen and oxygen atoms in total. The van der Waals surface area contributed by atoms with Gasteiger partial charge < -0.3 is 5.11 Å². The minimum atomic E-state index is -3.70. The number of phenols is 1. The van der Waals surface area contributed by atoms with Crippen molar-refractivity contribution >= 4 is 39.4 Å². The summed E-state index contributed by atoms with van der Waals surface area (Å²) >= 11 is 6.04. The van der Waals surface area contributed by atoms with Crippen molar-refractivity contribution in [1.29, 1.82) is 0 Å². The average Bonchev–Trinajstić information content (AvgIpc) is 2.56. The molecule has 0 heterocycles. The Morgan fingerprint density at radius 2 is 2.00 bits per heavy atom. The minimum absolute atomic E-state index is 0.0116. The van der Waals surface area contributed by atoms with E-state index in [1.807, 2.05) is 0 Å². The average molecular weight is 396 g/mol. The topological polar surface area (TPSA) is 99.1 Å². The Morgan fingerprint density at radius 1 is 1.31 bits per heavy atom. The number of rotatable bonds is 6. The third-order valence-electron chi connectivity index (χ3n) is 3.46. The molecule has 0 aliphatic heterocycles. The highest BCUT2D eigenvalue weighted by atomic mass is 35.5. The first-order valence-electron chi connectivity index (χ1n) is 7.52. The summed E-state index contributed by atoms with van der Waals surface area (Å²) in [6.07, 6.45) is 2.26. The third kappa shape index (κ3) is 5.21. The summed E-state index contributed by atoms with van der Waals surface area (Å²) in [7, 11) is -3.70. The molecule has 9 heteroatoms. The van der Waals surface area contributed by atoms with E-state index in [1.165, 1.54) is 18.3 Å². The van der Waals surface area contributed by atoms with Gasteiger partial charge in [-0.25, -0.2) is 13.8 Å². The number of phenolic OH excluding ortho intramolecular Hbond substituents is 1. The van der Waals surface area contributed by atoms with Gasteiger partial charge >= 0.3 is 0 Å². The van der Waals surface area contributed by atoms with E-state index < -0.39 is 22.5 Å². The smallest absolute Gasteiger partial charge is 0.260 e. The zero-order valence-electron chi connectivity index (χ0n) is 14.2. The Bertz CT molecular complexity index is 945. The number of para-hydroxylation sites is 1. The fourth-order valence-electron chi connectivity index (χ4n) is 2.07. The highest BCUT2D eigenvalue weighted by Gasteiger charge is 2.21. The number of sulfonamides is 1. The van der Waals surface area contributed by atoms with Crippen LogP contribution in [0.1, 0.15) is 11.1 Å². The maximum absolute atomic E-state index is 12.1. The third-order valence-corrected chi connectivity index (χ3v) is 5.01. The van der Waals surface area contributed by atoms with Crippen LogP contribution in [-0.4, -0.2) is 38.4 Å². The van der Waals surface area contributed by atoms with Gasteiger partial charge in [0.25, 0.3) is 5.91 Å². The van der Waals surface area contributed by atoms with Gasteiger partial charge in [0, 0.05) is 10.6 Å². The molecule has 0 aliphatic rings. The van der Waals surface area contributed by atoms with Crippen molar-refractivity contribution in [2.75, 3.05) is 17.1 Å². The van der Waals surface area contributed by atoms with Crippen molar-refractivity contribution in [2.45, 2.75) is 6.92 Å². The van der Waals surface area contributed by atoms with Crippen LogP contribution < -0.4 is 9.73 Å². The second-order valence-corrected chi connectivity index (χ2v) is 7.87. The Morgan fingerprint density at radius 3 is 2.62 bits per heavy atom. The molecule has 0 bridgehead atoms. The molecule has 0 radical (unpaired) electrons. The second-order valence-electron chi connectivity index (χ2n) is 5.56. The number of carbonyl (C=O) groups is 1. The van der Waals surface area contributed by atoms with Crippen LogP contribution in [0.15, 0.2) is 47.6 Å². The van der Waals surface area contributed by atoms with E-state index >= 15 is 0 Å². The van der Waals surface area contributed by atoms with E-state index in [0.717, 1.165) is 16.1 Å². The molecule has 138 valence electrons. The first-order valence-corrected chi connectivity index (χ1v) is 9.75. The predicted molar refractivity (Wildman–Crippen MR) is 102 cm³/mol. The Kier molecular flexibility index (Phi) is 6.23. The summed E-state index contributed by atoms with van der Waals surface area (Å²) in [5.41, 5.74) is 3.72. The molecule has 0 spiro atoms. The van der Waals surface area contributed by atoms with E-state index in [4.69, 9.17) is 11.6 Å². The molecule has 0 atom stereocenters. The van der Waals surface area contributed by atoms with Crippen LogP contribution in [0.2, 0.25) is 5.02 Å². The van der Waals surface area contributed by atoms with E-state index in [0.29, 0.717) is 10.6 Å². The fourth-order valence-corrected chi connectivity index (χ4v) is 3.10. The molecule has 26 heavy (non-hydrogen) atoms. The number of anilines is 1. The summed E-state index contributed by atoms with van der Waals surface area (Å²) in [4.78, 5) is 12.1. The lowest BCUT2D eigenvalue weighted by atomic mass is 10.2. The highest BCUT2D eigenvalue weighted by Crippen LogP contribution is 2.24. The normalized spacial score (nSPS) is 11.5. The molecule has 2 rings (SSSR count). The van der Waals surface area contributed by atoms with Crippen molar-refractivity contribution in [3.63, 3.8) is 0 Å². The summed E-state index contributed by atoms with van der Waals surface area (Å²) in [5, 5.41) is 13.7. The number of aromatic hydroxyl groups is 1. The van der Waals surface area contributed by atoms with Crippen molar-refractivity contribution in [3.8, 4) is 5.75 Å². The lowest BCUT2D eigenvalue weighted by molar-refractivity contribution is -0.119. The van der Waals surface area contributed by atoms with Crippen LogP contribution in [0.3, 0.4) is 0 Å². The number of hydrazone groups is 1. The minimum Gasteiger partial charge on any atom is -0.507 e. The lowest BCUT2D eigenvalue weighted by Gasteiger charge is -2.21. The summed E-state index contributed by atoms with van der Waals surface area (Å²) in [6.45, 7) is 1.33. The molecule has 0 saturated carbocycles. The number of halogens is 1. The number of carbonyl (C=O) groups excluding carboxylic acids is 1. The summed E-state index contributed by atoms with van der Waals surface area (Å²) < 4.78 is 25.0. The Labute approximate surface area is 157 Å². The second kappa shape index (κ2) is 8.20. The van der Waals surface area contributed by atoms with Crippen LogP contribution in [0.4, 0.5) is 5.69 Å². The lowest BCUT2D eigenvalue weighted by Crippen LogP contribution is -2.39. The summed E-state index contributed by atoms with van der Waals surface area (Å²) in [6, 6.07) is 11.2. The molecule has 0 saturated heterocycles. The first-order chi connectivity index (χ1) is 12.2. The van der Waals surface area contributed by atoms with Crippen molar-refractivity contribution in [3.05, 3.63) is 58.6 Å². The molecule has 2 aromatic rings. The number of amides is 1. The Hall–Kier alpha value is -2.58. The molecule has 2 N–H and O–H groups in total. The molecule has 0 aromatic heterocycles. The van der Waals surface area contributed by atoms with Gasteiger partial charge in [-0.05, 0) is 36.8 Å². The number of hydrogen-bond donors (Lipinski definition) is 2. The van der Waals surface area contributed by atoms with Crippen LogP contribution >= 0.6 is 11.6 Å². The van der Waals surface area contributed by atoms with Crippen molar-refractivity contribution < 1.29 is 18.3 Å². The number of nitrogens with one attached hydrogen (secondary N) is 1. The van der Waals surface area contributed by atoms with E-state index in [1.54, 1.807) is 37.3 Å². The van der Waals surface area contributed by atoms with Gasteiger partial charge in [-0.1, -0.05) is 29.8 Å². The van der Waals surface area contributed by atoms with E-state index in [-0.39, 0.29) is 11.4 Å². The zero-order chi connectivity index (χ0) is 19.3. The number of hydrogen-bond acceptors (Lipinski definition) is 5. The van der Waals surface area contributed by atoms with Gasteiger partial charge in [0.05, 0.1) is 18.2 Å². The number of aryl methyl sites for hydroxylation is 1. The highest BCUT2D eigenvalue weighted by molar-refractivity contribution is 7.92. The molecule has 0 aliphatic carbocycles. The van der Waals surface area contributed by atoms with Crippen LogP contribution in [0.25, 0.3) is 0 Å². The molecule has 0 unspecified atom stereocenters. The van der Waals surface area contributed by atoms with Gasteiger partial charge in [0.2, 0.25) is 10.0 Å². The van der Waals surface area contributed by atoms with Gasteiger partial charge in [-0.3, -0.25) is 9.10 Å².